The van der Waals surface area contributed by atoms with E-state index < -0.39 is 0 Å². The summed E-state index contributed by atoms with van der Waals surface area (Å²) in [5, 5.41) is 5.01. The lowest BCUT2D eigenvalue weighted by molar-refractivity contribution is 0.809. The largest absolute Gasteiger partial charge is 0.309 e. The van der Waals surface area contributed by atoms with Crippen molar-refractivity contribution in [2.45, 2.75) is 12.3 Å². The van der Waals surface area contributed by atoms with Crippen LogP contribution >= 0.6 is 0 Å². The van der Waals surface area contributed by atoms with Gasteiger partial charge in [-0.3, -0.25) is 9.97 Å². The molecular weight excluding hydrogens is 536 g/mol. The van der Waals surface area contributed by atoms with Gasteiger partial charge in [0.25, 0.3) is 0 Å². The summed E-state index contributed by atoms with van der Waals surface area (Å²) in [6.45, 7) is 0. The van der Waals surface area contributed by atoms with Crippen molar-refractivity contribution >= 4 is 43.6 Å². The van der Waals surface area contributed by atoms with Gasteiger partial charge in [0.2, 0.25) is 0 Å². The van der Waals surface area contributed by atoms with Crippen LogP contribution in [-0.4, -0.2) is 19.1 Å². The Labute approximate surface area is 254 Å². The highest BCUT2D eigenvalue weighted by Crippen LogP contribution is 2.37. The van der Waals surface area contributed by atoms with E-state index in [1.54, 1.807) is 12.4 Å². The third-order valence-electron chi connectivity index (χ3n) is 8.95. The molecule has 3 aromatic heterocycles. The van der Waals surface area contributed by atoms with E-state index in [4.69, 9.17) is 9.97 Å². The fraction of sp³-hybridized carbons (Fsp3) is 0.0500. The second-order valence-electron chi connectivity index (χ2n) is 11.4. The molecule has 1 aliphatic carbocycles. The maximum Gasteiger partial charge on any atom is 0.0923 e. The number of hydrogen-bond donors (Lipinski definition) is 0. The van der Waals surface area contributed by atoms with Crippen molar-refractivity contribution in [2.24, 2.45) is 0 Å². The van der Waals surface area contributed by atoms with Gasteiger partial charge in [-0.15, -0.1) is 0 Å². The summed E-state index contributed by atoms with van der Waals surface area (Å²) in [5.41, 5.74) is 10.1. The molecule has 3 heterocycles. The maximum absolute atomic E-state index is 4.76. The van der Waals surface area contributed by atoms with Crippen molar-refractivity contribution in [2.75, 3.05) is 0 Å². The van der Waals surface area contributed by atoms with Gasteiger partial charge in [-0.1, -0.05) is 91.0 Å². The van der Waals surface area contributed by atoms with Crippen LogP contribution in [0.3, 0.4) is 0 Å². The Bertz CT molecular complexity index is 2370. The molecular formula is C40H28N4. The predicted molar refractivity (Wildman–Crippen MR) is 182 cm³/mol. The minimum absolute atomic E-state index is 0.240. The van der Waals surface area contributed by atoms with Crippen molar-refractivity contribution in [3.8, 4) is 22.6 Å². The smallest absolute Gasteiger partial charge is 0.0923 e. The minimum Gasteiger partial charge on any atom is -0.309 e. The lowest BCUT2D eigenvalue weighted by atomic mass is 9.93. The van der Waals surface area contributed by atoms with Crippen molar-refractivity contribution < 1.29 is 0 Å². The molecule has 8 aromatic rings. The molecule has 0 saturated heterocycles. The van der Waals surface area contributed by atoms with Crippen LogP contribution < -0.4 is 0 Å². The lowest BCUT2D eigenvalue weighted by Gasteiger charge is -2.16. The molecule has 1 aliphatic rings. The first-order valence-corrected chi connectivity index (χ1v) is 15.1. The van der Waals surface area contributed by atoms with E-state index in [-0.39, 0.29) is 5.92 Å². The van der Waals surface area contributed by atoms with Gasteiger partial charge in [-0.2, -0.15) is 0 Å². The summed E-state index contributed by atoms with van der Waals surface area (Å²) < 4.78 is 4.76. The molecule has 208 valence electrons. The average Bonchev–Trinajstić information content (AvgIpc) is 3.61. The van der Waals surface area contributed by atoms with Gasteiger partial charge in [-0.25, -0.2) is 0 Å². The van der Waals surface area contributed by atoms with E-state index in [1.165, 1.54) is 43.6 Å². The van der Waals surface area contributed by atoms with Crippen LogP contribution in [0.1, 0.15) is 18.0 Å². The van der Waals surface area contributed by atoms with Gasteiger partial charge in [0.05, 0.1) is 33.5 Å². The van der Waals surface area contributed by atoms with Gasteiger partial charge in [0.1, 0.15) is 0 Å². The molecule has 0 fully saturated rings. The highest BCUT2D eigenvalue weighted by atomic mass is 15.0. The van der Waals surface area contributed by atoms with Crippen molar-refractivity contribution in [1.29, 1.82) is 0 Å². The molecule has 5 aromatic carbocycles. The van der Waals surface area contributed by atoms with E-state index in [0.29, 0.717) is 0 Å². The zero-order valence-electron chi connectivity index (χ0n) is 24.0. The van der Waals surface area contributed by atoms with Crippen LogP contribution in [0.2, 0.25) is 0 Å². The first-order chi connectivity index (χ1) is 21.8. The summed E-state index contributed by atoms with van der Waals surface area (Å²) in [5.74, 6) is 0.240. The molecule has 0 aliphatic heterocycles. The van der Waals surface area contributed by atoms with E-state index in [2.05, 4.69) is 149 Å². The van der Waals surface area contributed by atoms with Gasteiger partial charge in [0, 0.05) is 56.8 Å². The first kappa shape index (κ1) is 24.8. The van der Waals surface area contributed by atoms with Gasteiger partial charge in [0.15, 0.2) is 0 Å². The van der Waals surface area contributed by atoms with Crippen molar-refractivity contribution in [3.63, 3.8) is 0 Å². The number of aromatic nitrogens is 4. The minimum atomic E-state index is 0.240. The fourth-order valence-corrected chi connectivity index (χ4v) is 6.97. The summed E-state index contributed by atoms with van der Waals surface area (Å²) in [6, 6.07) is 41.7. The predicted octanol–water partition coefficient (Wildman–Crippen LogP) is 9.94. The second kappa shape index (κ2) is 9.92. The van der Waals surface area contributed by atoms with Crippen LogP contribution in [0.15, 0.2) is 152 Å². The van der Waals surface area contributed by atoms with E-state index in [0.717, 1.165) is 34.7 Å². The summed E-state index contributed by atoms with van der Waals surface area (Å²) in [7, 11) is 0. The van der Waals surface area contributed by atoms with Crippen LogP contribution in [0.4, 0.5) is 0 Å². The average molecular weight is 565 g/mol. The second-order valence-corrected chi connectivity index (χ2v) is 11.4. The molecule has 1 atom stereocenters. The van der Waals surface area contributed by atoms with Crippen molar-refractivity contribution in [1.82, 2.24) is 19.1 Å². The Morgan fingerprint density at radius 3 is 1.75 bits per heavy atom. The molecule has 9 rings (SSSR count). The molecule has 44 heavy (non-hydrogen) atoms. The monoisotopic (exact) mass is 564 g/mol. The van der Waals surface area contributed by atoms with Gasteiger partial charge < -0.3 is 9.13 Å². The highest BCUT2D eigenvalue weighted by molar-refractivity contribution is 6.12. The van der Waals surface area contributed by atoms with E-state index in [1.807, 2.05) is 0 Å². The summed E-state index contributed by atoms with van der Waals surface area (Å²) in [6.07, 6.45) is 13.1. The summed E-state index contributed by atoms with van der Waals surface area (Å²) in [4.78, 5) is 9.51. The zero-order valence-corrected chi connectivity index (χ0v) is 24.0. The molecule has 0 N–H and O–H groups in total. The Kier molecular flexibility index (Phi) is 5.60. The maximum atomic E-state index is 4.76. The number of para-hydroxylation sites is 3. The Hall–Kier alpha value is -5.74. The molecule has 4 heteroatoms. The third kappa shape index (κ3) is 3.78. The number of benzene rings is 5. The Morgan fingerprint density at radius 2 is 1.09 bits per heavy atom. The molecule has 0 saturated carbocycles. The molecule has 0 amide bonds. The highest BCUT2D eigenvalue weighted by Gasteiger charge is 2.19. The lowest BCUT2D eigenvalue weighted by Crippen LogP contribution is -2.04. The normalized spacial score (nSPS) is 14.8. The number of hydrogen-bond acceptors (Lipinski definition) is 2. The molecule has 1 unspecified atom stereocenters. The van der Waals surface area contributed by atoms with Crippen molar-refractivity contribution in [3.05, 3.63) is 158 Å². The fourth-order valence-electron chi connectivity index (χ4n) is 6.97. The number of nitrogens with zero attached hydrogens (tertiary/aromatic N) is 4. The van der Waals surface area contributed by atoms with E-state index in [9.17, 15) is 0 Å². The van der Waals surface area contributed by atoms with Gasteiger partial charge >= 0.3 is 0 Å². The molecule has 0 radical (unpaired) electrons. The van der Waals surface area contributed by atoms with Gasteiger partial charge in [-0.05, 0) is 55.0 Å². The third-order valence-corrected chi connectivity index (χ3v) is 8.95. The quantitative estimate of drug-likeness (QED) is 0.213. The number of allylic oxidation sites excluding steroid dienone is 4. The standard InChI is InChI=1S/C40H28N4/c1-2-10-27(11-3-1)39-40(42-25-24-41-39)28-18-20-29(21-19-28)43-37-17-9-6-14-33(37)34-26-30(22-23-38(34)43)44-35-15-7-4-12-31(35)32-13-5-8-16-36(32)44/h1-10,12-27H,11H2. The number of fused-ring (bicyclic) bond motifs is 6. The number of rotatable bonds is 4. The molecule has 4 nitrogen and oxygen atoms in total. The van der Waals surface area contributed by atoms with E-state index >= 15 is 0 Å². The van der Waals surface area contributed by atoms with Crippen LogP contribution in [0.5, 0.6) is 0 Å². The Morgan fingerprint density at radius 1 is 0.523 bits per heavy atom. The van der Waals surface area contributed by atoms with Crippen LogP contribution in [-0.2, 0) is 0 Å². The Balaban J connectivity index is 1.19. The van der Waals surface area contributed by atoms with Crippen LogP contribution in [0.25, 0.3) is 66.2 Å². The SMILES string of the molecule is C1=CCC(c2nccnc2-c2ccc(-n3c4ccccc4c4cc(-n5c6ccccc6c6ccccc65)ccc43)cc2)C=C1. The van der Waals surface area contributed by atoms with Crippen LogP contribution in [0, 0.1) is 0 Å². The first-order valence-electron chi connectivity index (χ1n) is 15.1. The topological polar surface area (TPSA) is 35.6 Å². The summed E-state index contributed by atoms with van der Waals surface area (Å²) >= 11 is 0. The molecule has 0 spiro atoms. The zero-order chi connectivity index (χ0) is 29.0. The molecule has 0 bridgehead atoms.